The van der Waals surface area contributed by atoms with Crippen molar-refractivity contribution in [1.82, 2.24) is 0 Å². The number of rotatable bonds is 1. The molecule has 2 nitrogen and oxygen atoms in total. The lowest BCUT2D eigenvalue weighted by atomic mass is 9.94. The van der Waals surface area contributed by atoms with Gasteiger partial charge in [-0.2, -0.15) is 4.39 Å². The standard InChI is InChI=1S/C9H4F2O2/c10-8-3-1-2-6(7(8)4-12)9(11)5-13/h1-3,6H. The van der Waals surface area contributed by atoms with Crippen LogP contribution >= 0.6 is 0 Å². The Morgan fingerprint density at radius 3 is 2.69 bits per heavy atom. The third-order valence-electron chi connectivity index (χ3n) is 1.59. The van der Waals surface area contributed by atoms with E-state index in [-0.39, 0.29) is 0 Å². The van der Waals surface area contributed by atoms with Crippen molar-refractivity contribution in [2.75, 3.05) is 0 Å². The molecule has 0 saturated heterocycles. The van der Waals surface area contributed by atoms with Gasteiger partial charge in [0.2, 0.25) is 0 Å². The van der Waals surface area contributed by atoms with E-state index in [2.05, 4.69) is 0 Å². The second-order valence-electron chi connectivity index (χ2n) is 2.34. The molecule has 1 unspecified atom stereocenters. The van der Waals surface area contributed by atoms with Crippen LogP contribution in [0.25, 0.3) is 0 Å². The third kappa shape index (κ3) is 1.70. The van der Waals surface area contributed by atoms with Gasteiger partial charge in [-0.1, -0.05) is 12.2 Å². The largest absolute Gasteiger partial charge is 0.233 e. The Balaban J connectivity index is 3.17. The molecule has 66 valence electrons. The molecular formula is C9H4F2O2. The summed E-state index contributed by atoms with van der Waals surface area (Å²) in [5, 5.41) is 0. The van der Waals surface area contributed by atoms with Gasteiger partial charge in [0, 0.05) is 0 Å². The SMILES string of the molecule is O=C=C(F)C1C=CC=C(F)C1=C=O. The van der Waals surface area contributed by atoms with Crippen molar-refractivity contribution in [3.8, 4) is 0 Å². The first kappa shape index (κ1) is 9.33. The van der Waals surface area contributed by atoms with Crippen molar-refractivity contribution in [3.63, 3.8) is 0 Å². The van der Waals surface area contributed by atoms with Gasteiger partial charge in [0.25, 0.3) is 0 Å². The fourth-order valence-corrected chi connectivity index (χ4v) is 0.973. The molecule has 0 radical (unpaired) electrons. The molecule has 0 aromatic carbocycles. The van der Waals surface area contributed by atoms with Gasteiger partial charge in [-0.05, 0) is 6.08 Å². The van der Waals surface area contributed by atoms with Crippen LogP contribution in [0.15, 0.2) is 35.5 Å². The molecule has 0 aromatic heterocycles. The van der Waals surface area contributed by atoms with E-state index in [0.29, 0.717) is 0 Å². The lowest BCUT2D eigenvalue weighted by Crippen LogP contribution is -2.06. The van der Waals surface area contributed by atoms with E-state index in [9.17, 15) is 18.4 Å². The van der Waals surface area contributed by atoms with Crippen LogP contribution in [-0.4, -0.2) is 11.9 Å². The molecule has 0 saturated carbocycles. The fourth-order valence-electron chi connectivity index (χ4n) is 0.973. The number of hydrogen-bond acceptors (Lipinski definition) is 2. The number of allylic oxidation sites excluding steroid dienone is 6. The van der Waals surface area contributed by atoms with Crippen molar-refractivity contribution in [2.24, 2.45) is 5.92 Å². The van der Waals surface area contributed by atoms with Crippen molar-refractivity contribution in [1.29, 1.82) is 0 Å². The summed E-state index contributed by atoms with van der Waals surface area (Å²) in [6, 6.07) is 0. The Morgan fingerprint density at radius 1 is 1.46 bits per heavy atom. The van der Waals surface area contributed by atoms with Crippen LogP contribution in [0, 0.1) is 5.92 Å². The second-order valence-corrected chi connectivity index (χ2v) is 2.34. The molecule has 0 amide bonds. The molecule has 4 heteroatoms. The maximum absolute atomic E-state index is 12.8. The van der Waals surface area contributed by atoms with Crippen LogP contribution in [0.1, 0.15) is 0 Å². The van der Waals surface area contributed by atoms with Crippen LogP contribution in [0.4, 0.5) is 8.78 Å². The molecule has 1 aliphatic rings. The first-order valence-corrected chi connectivity index (χ1v) is 3.40. The van der Waals surface area contributed by atoms with E-state index in [0.717, 1.165) is 12.0 Å². The lowest BCUT2D eigenvalue weighted by molar-refractivity contribution is 0.513. The first-order valence-electron chi connectivity index (χ1n) is 3.40. The lowest BCUT2D eigenvalue weighted by Gasteiger charge is -2.10. The monoisotopic (exact) mass is 182 g/mol. The summed E-state index contributed by atoms with van der Waals surface area (Å²) in [6.07, 6.45) is 3.40. The van der Waals surface area contributed by atoms with Crippen LogP contribution in [0.5, 0.6) is 0 Å². The van der Waals surface area contributed by atoms with Crippen LogP contribution in [0.2, 0.25) is 0 Å². The minimum Gasteiger partial charge on any atom is -0.233 e. The maximum Gasteiger partial charge on any atom is 0.195 e. The summed E-state index contributed by atoms with van der Waals surface area (Å²) < 4.78 is 25.5. The normalized spacial score (nSPS) is 20.3. The molecule has 0 aliphatic heterocycles. The Labute approximate surface area is 72.5 Å². The van der Waals surface area contributed by atoms with Gasteiger partial charge in [0.1, 0.15) is 11.8 Å². The van der Waals surface area contributed by atoms with Crippen LogP contribution in [0.3, 0.4) is 0 Å². The van der Waals surface area contributed by atoms with E-state index in [1.165, 1.54) is 18.1 Å². The Bertz CT molecular complexity index is 380. The summed E-state index contributed by atoms with van der Waals surface area (Å²) in [4.78, 5) is 20.1. The minimum absolute atomic E-state index is 0.511. The van der Waals surface area contributed by atoms with E-state index >= 15 is 0 Å². The van der Waals surface area contributed by atoms with Crippen molar-refractivity contribution in [3.05, 3.63) is 35.5 Å². The quantitative estimate of drug-likeness (QED) is 0.575. The summed E-state index contributed by atoms with van der Waals surface area (Å²) in [6.45, 7) is 0. The predicted octanol–water partition coefficient (Wildman–Crippen LogP) is 1.47. The molecule has 0 N–H and O–H groups in total. The molecule has 0 fully saturated rings. The average Bonchev–Trinajstić information content (AvgIpc) is 2.16. The highest BCUT2D eigenvalue weighted by Crippen LogP contribution is 2.29. The van der Waals surface area contributed by atoms with E-state index in [1.807, 2.05) is 0 Å². The van der Waals surface area contributed by atoms with Gasteiger partial charge in [-0.15, -0.1) is 0 Å². The van der Waals surface area contributed by atoms with Crippen LogP contribution < -0.4 is 0 Å². The zero-order valence-corrected chi connectivity index (χ0v) is 6.38. The summed E-state index contributed by atoms with van der Waals surface area (Å²) in [7, 11) is 0. The van der Waals surface area contributed by atoms with Gasteiger partial charge in [-0.3, -0.25) is 0 Å². The predicted molar refractivity (Wildman–Crippen MR) is 41.3 cm³/mol. The Kier molecular flexibility index (Phi) is 2.70. The van der Waals surface area contributed by atoms with Gasteiger partial charge in [-0.25, -0.2) is 14.0 Å². The summed E-state index contributed by atoms with van der Waals surface area (Å²) in [5.74, 6) is -1.16. The number of halogens is 2. The topological polar surface area (TPSA) is 34.1 Å². The van der Waals surface area contributed by atoms with Gasteiger partial charge in [0.05, 0.1) is 11.5 Å². The van der Waals surface area contributed by atoms with E-state index in [1.54, 1.807) is 0 Å². The van der Waals surface area contributed by atoms with E-state index < -0.39 is 23.1 Å². The third-order valence-corrected chi connectivity index (χ3v) is 1.59. The number of carbonyl (C=O) groups excluding carboxylic acids is 2. The molecular weight excluding hydrogens is 178 g/mol. The molecule has 0 spiro atoms. The second kappa shape index (κ2) is 3.76. The molecule has 1 aliphatic carbocycles. The van der Waals surface area contributed by atoms with Crippen molar-refractivity contribution >= 4 is 11.9 Å². The van der Waals surface area contributed by atoms with Gasteiger partial charge >= 0.3 is 0 Å². The molecule has 0 heterocycles. The Hall–Kier alpha value is -1.76. The van der Waals surface area contributed by atoms with Crippen molar-refractivity contribution in [2.45, 2.75) is 0 Å². The summed E-state index contributed by atoms with van der Waals surface area (Å²) >= 11 is 0. The fraction of sp³-hybridized carbons (Fsp3) is 0.111. The molecule has 13 heavy (non-hydrogen) atoms. The van der Waals surface area contributed by atoms with E-state index in [4.69, 9.17) is 0 Å². The van der Waals surface area contributed by atoms with Crippen LogP contribution in [-0.2, 0) is 9.59 Å². The Morgan fingerprint density at radius 2 is 2.15 bits per heavy atom. The average molecular weight is 182 g/mol. The highest BCUT2D eigenvalue weighted by molar-refractivity contribution is 5.67. The zero-order valence-electron chi connectivity index (χ0n) is 6.38. The molecule has 1 rings (SSSR count). The first-order chi connectivity index (χ1) is 6.20. The summed E-state index contributed by atoms with van der Waals surface area (Å²) in [5.41, 5.74) is -0.511. The zero-order chi connectivity index (χ0) is 9.84. The highest BCUT2D eigenvalue weighted by atomic mass is 19.1. The maximum atomic E-state index is 12.8. The molecule has 0 aromatic rings. The van der Waals surface area contributed by atoms with Crippen molar-refractivity contribution < 1.29 is 18.4 Å². The minimum atomic E-state index is -1.28. The number of hydrogen-bond donors (Lipinski definition) is 0. The molecule has 0 bridgehead atoms. The van der Waals surface area contributed by atoms with Gasteiger partial charge in [0.15, 0.2) is 11.8 Å². The molecule has 1 atom stereocenters. The smallest absolute Gasteiger partial charge is 0.195 e. The highest BCUT2D eigenvalue weighted by Gasteiger charge is 2.24. The van der Waals surface area contributed by atoms with Gasteiger partial charge < -0.3 is 0 Å².